The van der Waals surface area contributed by atoms with E-state index in [1.165, 1.54) is 19.2 Å². The van der Waals surface area contributed by atoms with Crippen LogP contribution in [0.2, 0.25) is 0 Å². The van der Waals surface area contributed by atoms with Gasteiger partial charge in [-0.2, -0.15) is 0 Å². The van der Waals surface area contributed by atoms with Gasteiger partial charge in [0.1, 0.15) is 0 Å². The number of nitrogens with zero attached hydrogens (tertiary/aromatic N) is 1. The quantitative estimate of drug-likeness (QED) is 0.686. The van der Waals surface area contributed by atoms with Gasteiger partial charge in [0, 0.05) is 17.4 Å². The number of carbonyl (C=O) groups is 3. The molecule has 8 heteroatoms. The minimum Gasteiger partial charge on any atom is -0.494 e. The Morgan fingerprint density at radius 1 is 1.18 bits per heavy atom. The molecule has 1 N–H and O–H groups in total. The summed E-state index contributed by atoms with van der Waals surface area (Å²) in [6.45, 7) is 1.69. The second-order valence-corrected chi connectivity index (χ2v) is 7.30. The van der Waals surface area contributed by atoms with Crippen molar-refractivity contribution in [3.8, 4) is 5.75 Å². The molecule has 1 aliphatic heterocycles. The molecule has 1 heterocycles. The molecule has 2 aromatic rings. The number of fused-ring (bicyclic) bond motifs is 1. The second-order valence-electron chi connectivity index (χ2n) is 6.39. The molecular weight excluding hydrogens is 431 g/mol. The molecule has 3 rings (SSSR count). The van der Waals surface area contributed by atoms with Crippen molar-refractivity contribution in [1.29, 1.82) is 0 Å². The highest BCUT2D eigenvalue weighted by molar-refractivity contribution is 9.10. The van der Waals surface area contributed by atoms with Crippen molar-refractivity contribution in [3.05, 3.63) is 63.4 Å². The van der Waals surface area contributed by atoms with Crippen LogP contribution >= 0.6 is 15.9 Å². The molecular formula is C20H18BrFN2O4. The third-order valence-corrected chi connectivity index (χ3v) is 5.04. The standard InChI is InChI=1S/C20H18BrFN2O4/c1-11(12-3-6-17(28-2)16(22)9-12)23-18(25)7-8-24-19(26)14-5-4-13(21)10-15(14)20(24)27/h3-6,9-11H,7-8H2,1-2H3,(H,23,25). The SMILES string of the molecule is COc1ccc(C(C)NC(=O)CCN2C(=O)c3ccc(Br)cc3C2=O)cc1F. The molecule has 3 amide bonds. The molecule has 28 heavy (non-hydrogen) atoms. The first-order chi connectivity index (χ1) is 13.3. The number of hydrogen-bond acceptors (Lipinski definition) is 4. The van der Waals surface area contributed by atoms with Crippen molar-refractivity contribution in [2.45, 2.75) is 19.4 Å². The zero-order valence-corrected chi connectivity index (χ0v) is 16.9. The number of benzene rings is 2. The molecule has 0 radical (unpaired) electrons. The van der Waals surface area contributed by atoms with E-state index in [2.05, 4.69) is 21.2 Å². The van der Waals surface area contributed by atoms with Crippen molar-refractivity contribution in [2.75, 3.05) is 13.7 Å². The van der Waals surface area contributed by atoms with E-state index < -0.39 is 23.7 Å². The van der Waals surface area contributed by atoms with E-state index in [9.17, 15) is 18.8 Å². The lowest BCUT2D eigenvalue weighted by atomic mass is 10.1. The van der Waals surface area contributed by atoms with Gasteiger partial charge < -0.3 is 10.1 Å². The first-order valence-corrected chi connectivity index (χ1v) is 9.39. The molecule has 1 aliphatic rings. The lowest BCUT2D eigenvalue weighted by molar-refractivity contribution is -0.121. The van der Waals surface area contributed by atoms with Gasteiger partial charge in [-0.1, -0.05) is 22.0 Å². The van der Waals surface area contributed by atoms with Crippen LogP contribution in [0.3, 0.4) is 0 Å². The molecule has 0 fully saturated rings. The van der Waals surface area contributed by atoms with Crippen LogP contribution in [0.4, 0.5) is 4.39 Å². The molecule has 6 nitrogen and oxygen atoms in total. The van der Waals surface area contributed by atoms with Crippen molar-refractivity contribution in [2.24, 2.45) is 0 Å². The van der Waals surface area contributed by atoms with Gasteiger partial charge in [-0.15, -0.1) is 0 Å². The molecule has 1 unspecified atom stereocenters. The fourth-order valence-corrected chi connectivity index (χ4v) is 3.39. The van der Waals surface area contributed by atoms with Crippen molar-refractivity contribution < 1.29 is 23.5 Å². The number of rotatable bonds is 6. The lowest BCUT2D eigenvalue weighted by Gasteiger charge is -2.17. The predicted octanol–water partition coefficient (Wildman–Crippen LogP) is 3.46. The molecule has 0 aliphatic carbocycles. The minimum absolute atomic E-state index is 0.0283. The van der Waals surface area contributed by atoms with E-state index in [1.54, 1.807) is 31.2 Å². The van der Waals surface area contributed by atoms with E-state index >= 15 is 0 Å². The van der Waals surface area contributed by atoms with Gasteiger partial charge in [0.15, 0.2) is 11.6 Å². The number of imide groups is 1. The van der Waals surface area contributed by atoms with Crippen LogP contribution in [0.5, 0.6) is 5.75 Å². The monoisotopic (exact) mass is 448 g/mol. The summed E-state index contributed by atoms with van der Waals surface area (Å²) in [6.07, 6.45) is -0.0460. The maximum atomic E-state index is 13.8. The summed E-state index contributed by atoms with van der Waals surface area (Å²) in [5, 5.41) is 2.74. The summed E-state index contributed by atoms with van der Waals surface area (Å²) in [6, 6.07) is 8.88. The topological polar surface area (TPSA) is 75.7 Å². The highest BCUT2D eigenvalue weighted by Crippen LogP contribution is 2.26. The van der Waals surface area contributed by atoms with Crippen LogP contribution in [-0.4, -0.2) is 36.3 Å². The molecule has 0 saturated carbocycles. The smallest absolute Gasteiger partial charge is 0.261 e. The number of carbonyl (C=O) groups excluding carboxylic acids is 3. The summed E-state index contributed by atoms with van der Waals surface area (Å²) in [5.74, 6) is -1.57. The average Bonchev–Trinajstić information content (AvgIpc) is 2.89. The first kappa shape index (κ1) is 20.0. The first-order valence-electron chi connectivity index (χ1n) is 8.60. The van der Waals surface area contributed by atoms with Gasteiger partial charge in [-0.05, 0) is 42.8 Å². The average molecular weight is 449 g/mol. The Hall–Kier alpha value is -2.74. The highest BCUT2D eigenvalue weighted by Gasteiger charge is 2.35. The zero-order valence-electron chi connectivity index (χ0n) is 15.3. The van der Waals surface area contributed by atoms with Crippen LogP contribution in [0.1, 0.15) is 45.7 Å². The fraction of sp³-hybridized carbons (Fsp3) is 0.250. The Morgan fingerprint density at radius 3 is 2.57 bits per heavy atom. The van der Waals surface area contributed by atoms with E-state index in [0.717, 1.165) is 4.90 Å². The number of halogens is 2. The lowest BCUT2D eigenvalue weighted by Crippen LogP contribution is -2.35. The van der Waals surface area contributed by atoms with E-state index in [4.69, 9.17) is 4.74 Å². The van der Waals surface area contributed by atoms with Gasteiger partial charge >= 0.3 is 0 Å². The Labute approximate surface area is 169 Å². The minimum atomic E-state index is -0.515. The van der Waals surface area contributed by atoms with Crippen LogP contribution in [-0.2, 0) is 4.79 Å². The van der Waals surface area contributed by atoms with E-state index in [-0.39, 0.29) is 24.6 Å². The Bertz CT molecular complexity index is 963. The molecule has 0 bridgehead atoms. The van der Waals surface area contributed by atoms with Gasteiger partial charge in [0.2, 0.25) is 5.91 Å². The van der Waals surface area contributed by atoms with Gasteiger partial charge in [0.25, 0.3) is 11.8 Å². The maximum Gasteiger partial charge on any atom is 0.261 e. The number of nitrogens with one attached hydrogen (secondary N) is 1. The number of amides is 3. The third-order valence-electron chi connectivity index (χ3n) is 4.55. The zero-order chi connectivity index (χ0) is 20.4. The van der Waals surface area contributed by atoms with Gasteiger partial charge in [0.05, 0.1) is 24.3 Å². The molecule has 0 spiro atoms. The Balaban J connectivity index is 1.59. The van der Waals surface area contributed by atoms with Crippen molar-refractivity contribution >= 4 is 33.7 Å². The third kappa shape index (κ3) is 3.91. The maximum absolute atomic E-state index is 13.8. The van der Waals surface area contributed by atoms with Crippen LogP contribution in [0, 0.1) is 5.82 Å². The molecule has 1 atom stereocenters. The van der Waals surface area contributed by atoms with Crippen LogP contribution < -0.4 is 10.1 Å². The van der Waals surface area contributed by atoms with Crippen LogP contribution in [0.25, 0.3) is 0 Å². The summed E-state index contributed by atoms with van der Waals surface area (Å²) in [7, 11) is 1.38. The van der Waals surface area contributed by atoms with Gasteiger partial charge in [-0.25, -0.2) is 4.39 Å². The van der Waals surface area contributed by atoms with E-state index in [1.807, 2.05) is 0 Å². The van der Waals surface area contributed by atoms with Crippen molar-refractivity contribution in [3.63, 3.8) is 0 Å². The molecule has 0 saturated heterocycles. The highest BCUT2D eigenvalue weighted by atomic mass is 79.9. The second kappa shape index (κ2) is 8.10. The molecule has 2 aromatic carbocycles. The van der Waals surface area contributed by atoms with E-state index in [0.29, 0.717) is 21.2 Å². The summed E-state index contributed by atoms with van der Waals surface area (Å²) < 4.78 is 19.4. The molecule has 146 valence electrons. The number of hydrogen-bond donors (Lipinski definition) is 1. The summed E-state index contributed by atoms with van der Waals surface area (Å²) in [4.78, 5) is 38.1. The number of methoxy groups -OCH3 is 1. The van der Waals surface area contributed by atoms with Crippen LogP contribution in [0.15, 0.2) is 40.9 Å². The Kier molecular flexibility index (Phi) is 5.79. The van der Waals surface area contributed by atoms with Crippen molar-refractivity contribution in [1.82, 2.24) is 10.2 Å². The molecule has 0 aromatic heterocycles. The predicted molar refractivity (Wildman–Crippen MR) is 104 cm³/mol. The summed E-state index contributed by atoms with van der Waals surface area (Å²) >= 11 is 3.28. The number of ether oxygens (including phenoxy) is 1. The largest absolute Gasteiger partial charge is 0.494 e. The normalized spacial score (nSPS) is 14.1. The summed E-state index contributed by atoms with van der Waals surface area (Å²) in [5.41, 5.74) is 1.23. The van der Waals surface area contributed by atoms with Gasteiger partial charge in [-0.3, -0.25) is 19.3 Å². The Morgan fingerprint density at radius 2 is 1.89 bits per heavy atom. The fourth-order valence-electron chi connectivity index (χ4n) is 3.03.